The van der Waals surface area contributed by atoms with E-state index in [0.717, 1.165) is 5.56 Å². The van der Waals surface area contributed by atoms with Crippen molar-refractivity contribution in [2.45, 2.75) is 0 Å². The number of urea groups is 1. The molecule has 0 aliphatic carbocycles. The summed E-state index contributed by atoms with van der Waals surface area (Å²) in [5.41, 5.74) is 1.93. The van der Waals surface area contributed by atoms with Crippen molar-refractivity contribution >= 4 is 17.6 Å². The second-order valence-corrected chi connectivity index (χ2v) is 5.02. The summed E-state index contributed by atoms with van der Waals surface area (Å²) in [5, 5.41) is 20.9. The van der Waals surface area contributed by atoms with Crippen LogP contribution >= 0.6 is 0 Å². The van der Waals surface area contributed by atoms with Gasteiger partial charge >= 0.3 is 6.03 Å². The third-order valence-corrected chi connectivity index (χ3v) is 3.48. The molecule has 0 saturated carbocycles. The van der Waals surface area contributed by atoms with Gasteiger partial charge in [0.05, 0.1) is 18.2 Å². The Hall–Kier alpha value is -3.33. The van der Waals surface area contributed by atoms with Gasteiger partial charge in [0.25, 0.3) is 0 Å². The van der Waals surface area contributed by atoms with Crippen LogP contribution in [-0.4, -0.2) is 35.0 Å². The zero-order valence-corrected chi connectivity index (χ0v) is 12.2. The number of hydrogen-bond donors (Lipinski definition) is 2. The number of carbonyl (C=O) groups excluding carboxylic acids is 1. The molecule has 0 atom stereocenters. The Labute approximate surface area is 133 Å². The SMILES string of the molecule is N#Cc1ccc(NC(=O)N2CCN=C2c2ccc(O)cc2)cc1. The largest absolute Gasteiger partial charge is 0.508 e. The van der Waals surface area contributed by atoms with Gasteiger partial charge in [-0.2, -0.15) is 5.26 Å². The second kappa shape index (κ2) is 6.20. The third kappa shape index (κ3) is 3.14. The van der Waals surface area contributed by atoms with E-state index in [0.29, 0.717) is 30.2 Å². The molecular weight excluding hydrogens is 292 g/mol. The molecule has 0 fully saturated rings. The normalized spacial score (nSPS) is 13.3. The van der Waals surface area contributed by atoms with Gasteiger partial charge < -0.3 is 10.4 Å². The van der Waals surface area contributed by atoms with E-state index in [-0.39, 0.29) is 11.8 Å². The summed E-state index contributed by atoms with van der Waals surface area (Å²) >= 11 is 0. The van der Waals surface area contributed by atoms with E-state index in [1.54, 1.807) is 53.4 Å². The summed E-state index contributed by atoms with van der Waals surface area (Å²) in [7, 11) is 0. The summed E-state index contributed by atoms with van der Waals surface area (Å²) in [6.07, 6.45) is 0. The molecule has 1 heterocycles. The Morgan fingerprint density at radius 1 is 1.17 bits per heavy atom. The quantitative estimate of drug-likeness (QED) is 0.893. The lowest BCUT2D eigenvalue weighted by atomic mass is 10.2. The van der Waals surface area contributed by atoms with Crippen LogP contribution in [0.5, 0.6) is 5.75 Å². The van der Waals surface area contributed by atoms with Crippen LogP contribution < -0.4 is 5.32 Å². The van der Waals surface area contributed by atoms with Gasteiger partial charge in [-0.3, -0.25) is 9.89 Å². The van der Waals surface area contributed by atoms with Gasteiger partial charge in [0.2, 0.25) is 0 Å². The smallest absolute Gasteiger partial charge is 0.327 e. The van der Waals surface area contributed by atoms with Crippen LogP contribution in [0.25, 0.3) is 0 Å². The minimum absolute atomic E-state index is 0.168. The van der Waals surface area contributed by atoms with Gasteiger partial charge in [0.15, 0.2) is 0 Å². The molecule has 1 aliphatic heterocycles. The Morgan fingerprint density at radius 2 is 1.87 bits per heavy atom. The van der Waals surface area contributed by atoms with E-state index < -0.39 is 0 Å². The number of amides is 2. The fraction of sp³-hybridized carbons (Fsp3) is 0.118. The first-order valence-electron chi connectivity index (χ1n) is 7.10. The van der Waals surface area contributed by atoms with Gasteiger partial charge in [-0.15, -0.1) is 0 Å². The lowest BCUT2D eigenvalue weighted by Crippen LogP contribution is -2.38. The van der Waals surface area contributed by atoms with E-state index in [2.05, 4.69) is 10.3 Å². The maximum Gasteiger partial charge on any atom is 0.327 e. The van der Waals surface area contributed by atoms with Crippen molar-refractivity contribution in [2.24, 2.45) is 4.99 Å². The van der Waals surface area contributed by atoms with Gasteiger partial charge in [0.1, 0.15) is 11.6 Å². The molecule has 0 unspecified atom stereocenters. The summed E-state index contributed by atoms with van der Waals surface area (Å²) in [5.74, 6) is 0.747. The summed E-state index contributed by atoms with van der Waals surface area (Å²) < 4.78 is 0. The van der Waals surface area contributed by atoms with Gasteiger partial charge in [-0.05, 0) is 48.5 Å². The van der Waals surface area contributed by atoms with Crippen molar-refractivity contribution in [1.82, 2.24) is 4.90 Å². The minimum atomic E-state index is -0.279. The second-order valence-electron chi connectivity index (χ2n) is 5.02. The molecule has 6 heteroatoms. The molecule has 2 aromatic rings. The number of phenols is 1. The number of aliphatic imine (C=N–C) groups is 1. The van der Waals surface area contributed by atoms with Crippen LogP contribution in [0, 0.1) is 11.3 Å². The predicted molar refractivity (Wildman–Crippen MR) is 86.4 cm³/mol. The van der Waals surface area contributed by atoms with Crippen molar-refractivity contribution in [2.75, 3.05) is 18.4 Å². The first kappa shape index (κ1) is 14.6. The van der Waals surface area contributed by atoms with Crippen molar-refractivity contribution in [3.05, 3.63) is 59.7 Å². The summed E-state index contributed by atoms with van der Waals surface area (Å²) in [6.45, 7) is 1.04. The Bertz CT molecular complexity index is 789. The van der Waals surface area contributed by atoms with Gasteiger partial charge in [0, 0.05) is 17.8 Å². The number of hydrogen-bond acceptors (Lipinski definition) is 4. The molecule has 3 rings (SSSR count). The molecular formula is C17H14N4O2. The first-order valence-corrected chi connectivity index (χ1v) is 7.10. The highest BCUT2D eigenvalue weighted by Crippen LogP contribution is 2.17. The highest BCUT2D eigenvalue weighted by atomic mass is 16.3. The van der Waals surface area contributed by atoms with Crippen LogP contribution in [0.15, 0.2) is 53.5 Å². The zero-order chi connectivity index (χ0) is 16.2. The molecule has 2 N–H and O–H groups in total. The fourth-order valence-electron chi connectivity index (χ4n) is 2.32. The van der Waals surface area contributed by atoms with Crippen LogP contribution in [-0.2, 0) is 0 Å². The molecule has 0 spiro atoms. The number of nitrogens with one attached hydrogen (secondary N) is 1. The molecule has 1 aliphatic rings. The van der Waals surface area contributed by atoms with Crippen molar-refractivity contribution in [1.29, 1.82) is 5.26 Å². The number of rotatable bonds is 2. The highest BCUT2D eigenvalue weighted by molar-refractivity contribution is 6.11. The predicted octanol–water partition coefficient (Wildman–Crippen LogP) is 2.56. The number of amidine groups is 1. The summed E-state index contributed by atoms with van der Waals surface area (Å²) in [4.78, 5) is 18.4. The van der Waals surface area contributed by atoms with E-state index in [1.165, 1.54) is 0 Å². The number of nitriles is 1. The number of benzene rings is 2. The van der Waals surface area contributed by atoms with Crippen molar-refractivity contribution in [3.63, 3.8) is 0 Å². The maximum atomic E-state index is 12.4. The minimum Gasteiger partial charge on any atom is -0.508 e. The summed E-state index contributed by atoms with van der Waals surface area (Å²) in [6, 6.07) is 15.0. The van der Waals surface area contributed by atoms with Crippen LogP contribution in [0.2, 0.25) is 0 Å². The van der Waals surface area contributed by atoms with Gasteiger partial charge in [-0.25, -0.2) is 4.79 Å². The Morgan fingerprint density at radius 3 is 2.52 bits per heavy atom. The highest BCUT2D eigenvalue weighted by Gasteiger charge is 2.24. The molecule has 2 amide bonds. The average molecular weight is 306 g/mol. The topological polar surface area (TPSA) is 88.7 Å². The van der Waals surface area contributed by atoms with Gasteiger partial charge in [-0.1, -0.05) is 0 Å². The number of phenolic OH excluding ortho intramolecular Hbond substituents is 1. The number of aromatic hydroxyl groups is 1. The molecule has 6 nitrogen and oxygen atoms in total. The molecule has 2 aromatic carbocycles. The standard InChI is InChI=1S/C17H14N4O2/c18-11-12-1-5-14(6-2-12)20-17(23)21-10-9-19-16(21)13-3-7-15(22)8-4-13/h1-8,22H,9-10H2,(H,20,23). The third-order valence-electron chi connectivity index (χ3n) is 3.48. The fourth-order valence-corrected chi connectivity index (χ4v) is 2.32. The Kier molecular flexibility index (Phi) is 3.93. The number of anilines is 1. The molecule has 0 bridgehead atoms. The van der Waals surface area contributed by atoms with E-state index in [4.69, 9.17) is 5.26 Å². The lowest BCUT2D eigenvalue weighted by molar-refractivity contribution is 0.236. The van der Waals surface area contributed by atoms with E-state index in [9.17, 15) is 9.90 Å². The van der Waals surface area contributed by atoms with Crippen LogP contribution in [0.3, 0.4) is 0 Å². The van der Waals surface area contributed by atoms with E-state index >= 15 is 0 Å². The molecule has 0 aromatic heterocycles. The number of carbonyl (C=O) groups is 1. The maximum absolute atomic E-state index is 12.4. The molecule has 0 saturated heterocycles. The lowest BCUT2D eigenvalue weighted by Gasteiger charge is -2.19. The van der Waals surface area contributed by atoms with E-state index in [1.807, 2.05) is 6.07 Å². The molecule has 23 heavy (non-hydrogen) atoms. The van der Waals surface area contributed by atoms with Crippen molar-refractivity contribution < 1.29 is 9.90 Å². The molecule has 0 radical (unpaired) electrons. The number of nitrogens with zero attached hydrogens (tertiary/aromatic N) is 3. The van der Waals surface area contributed by atoms with Crippen LogP contribution in [0.1, 0.15) is 11.1 Å². The Balaban J connectivity index is 1.75. The average Bonchev–Trinajstić information content (AvgIpc) is 3.06. The molecule has 114 valence electrons. The monoisotopic (exact) mass is 306 g/mol. The zero-order valence-electron chi connectivity index (χ0n) is 12.2. The van der Waals surface area contributed by atoms with Crippen LogP contribution in [0.4, 0.5) is 10.5 Å². The first-order chi connectivity index (χ1) is 11.2. The van der Waals surface area contributed by atoms with Crippen molar-refractivity contribution in [3.8, 4) is 11.8 Å².